The zero-order valence-corrected chi connectivity index (χ0v) is 14.0. The molecule has 7 heteroatoms. The van der Waals surface area contributed by atoms with Crippen molar-refractivity contribution in [3.05, 3.63) is 58.9 Å². The molecule has 0 aliphatic carbocycles. The van der Waals surface area contributed by atoms with Crippen molar-refractivity contribution in [2.45, 2.75) is 6.92 Å². The van der Waals surface area contributed by atoms with Crippen LogP contribution in [0.4, 0.5) is 11.6 Å². The molecule has 0 spiro atoms. The van der Waals surface area contributed by atoms with Crippen LogP contribution in [0.5, 0.6) is 0 Å². The number of nitrogens with zero attached hydrogens (tertiary/aromatic N) is 3. The smallest absolute Gasteiger partial charge is 0.256 e. The van der Waals surface area contributed by atoms with Crippen LogP contribution >= 0.6 is 11.6 Å². The van der Waals surface area contributed by atoms with E-state index in [0.717, 1.165) is 16.8 Å². The second-order valence-electron chi connectivity index (χ2n) is 5.39. The molecule has 24 heavy (non-hydrogen) atoms. The molecule has 122 valence electrons. The number of nitrogens with one attached hydrogen (secondary N) is 1. The first kappa shape index (κ1) is 16.0. The van der Waals surface area contributed by atoms with Gasteiger partial charge in [-0.2, -0.15) is 5.10 Å². The number of anilines is 2. The third kappa shape index (κ3) is 3.23. The van der Waals surface area contributed by atoms with Crippen molar-refractivity contribution in [2.24, 2.45) is 7.05 Å². The fourth-order valence-electron chi connectivity index (χ4n) is 2.43. The molecule has 0 unspecified atom stereocenters. The molecule has 0 aliphatic rings. The largest absolute Gasteiger partial charge is 0.383 e. The number of hydrogen-bond acceptors (Lipinski definition) is 4. The summed E-state index contributed by atoms with van der Waals surface area (Å²) < 4.78 is 1.72. The third-order valence-electron chi connectivity index (χ3n) is 3.58. The number of nitrogens with two attached hydrogens (primary N) is 1. The van der Waals surface area contributed by atoms with Crippen LogP contribution in [-0.2, 0) is 7.05 Å². The highest BCUT2D eigenvalue weighted by atomic mass is 35.5. The molecule has 6 nitrogen and oxygen atoms in total. The number of carbonyl (C=O) groups is 1. The molecule has 0 saturated carbocycles. The predicted octanol–water partition coefficient (Wildman–Crippen LogP) is 3.28. The van der Waals surface area contributed by atoms with Crippen LogP contribution in [0.2, 0.25) is 5.02 Å². The molecule has 1 amide bonds. The molecule has 3 N–H and O–H groups in total. The molecule has 3 rings (SSSR count). The summed E-state index contributed by atoms with van der Waals surface area (Å²) in [6.07, 6.45) is 1.88. The second kappa shape index (κ2) is 6.33. The number of nitrogen functional groups attached to an aromatic ring is 1. The van der Waals surface area contributed by atoms with Crippen LogP contribution in [0.3, 0.4) is 0 Å². The highest BCUT2D eigenvalue weighted by Crippen LogP contribution is 2.28. The number of aromatic nitrogens is 3. The van der Waals surface area contributed by atoms with Crippen molar-refractivity contribution < 1.29 is 4.79 Å². The second-order valence-corrected chi connectivity index (χ2v) is 5.83. The molecule has 0 saturated heterocycles. The zero-order chi connectivity index (χ0) is 17.3. The minimum Gasteiger partial charge on any atom is -0.383 e. The molecule has 0 aliphatic heterocycles. The number of halogens is 1. The lowest BCUT2D eigenvalue weighted by molar-refractivity contribution is 0.102. The SMILES string of the molecule is Cc1nn(C)cc1-c1ccc(NC(=O)c2ccc(Cl)cc2)nc1N. The fraction of sp³-hybridized carbons (Fsp3) is 0.118. The van der Waals surface area contributed by atoms with Gasteiger partial charge in [-0.3, -0.25) is 9.48 Å². The Morgan fingerprint density at radius 1 is 1.17 bits per heavy atom. The van der Waals surface area contributed by atoms with Crippen LogP contribution in [-0.4, -0.2) is 20.7 Å². The van der Waals surface area contributed by atoms with Gasteiger partial charge in [0.05, 0.1) is 5.69 Å². The molecule has 2 aromatic heterocycles. The van der Waals surface area contributed by atoms with E-state index in [1.54, 1.807) is 35.0 Å². The molecular weight excluding hydrogens is 326 g/mol. The number of carbonyl (C=O) groups excluding carboxylic acids is 1. The number of benzene rings is 1. The normalized spacial score (nSPS) is 10.6. The monoisotopic (exact) mass is 341 g/mol. The van der Waals surface area contributed by atoms with Crippen molar-refractivity contribution in [1.82, 2.24) is 14.8 Å². The zero-order valence-electron chi connectivity index (χ0n) is 13.2. The van der Waals surface area contributed by atoms with E-state index in [2.05, 4.69) is 15.4 Å². The van der Waals surface area contributed by atoms with Crippen LogP contribution in [0.1, 0.15) is 16.1 Å². The Kier molecular flexibility index (Phi) is 4.22. The van der Waals surface area contributed by atoms with Gasteiger partial charge in [-0.25, -0.2) is 4.98 Å². The minimum absolute atomic E-state index is 0.274. The topological polar surface area (TPSA) is 85.8 Å². The Morgan fingerprint density at radius 3 is 2.46 bits per heavy atom. The molecule has 0 atom stereocenters. The van der Waals surface area contributed by atoms with E-state index >= 15 is 0 Å². The number of amides is 1. The maximum absolute atomic E-state index is 12.2. The standard InChI is InChI=1S/C17H16ClN5O/c1-10-14(9-23(2)22-10)13-7-8-15(20-16(13)19)21-17(24)11-3-5-12(18)6-4-11/h3-9H,1-2H3,(H3,19,20,21,24). The van der Waals surface area contributed by atoms with E-state index in [1.807, 2.05) is 26.2 Å². The van der Waals surface area contributed by atoms with Gasteiger partial charge in [0.15, 0.2) is 0 Å². The molecule has 0 fully saturated rings. The Labute approximate surface area is 144 Å². The summed E-state index contributed by atoms with van der Waals surface area (Å²) in [7, 11) is 1.85. The van der Waals surface area contributed by atoms with E-state index in [9.17, 15) is 4.79 Å². The van der Waals surface area contributed by atoms with E-state index in [1.165, 1.54) is 0 Å². The van der Waals surface area contributed by atoms with Crippen molar-refractivity contribution >= 4 is 29.1 Å². The van der Waals surface area contributed by atoms with Crippen LogP contribution in [0.15, 0.2) is 42.6 Å². The van der Waals surface area contributed by atoms with Crippen molar-refractivity contribution in [3.63, 3.8) is 0 Å². The fourth-order valence-corrected chi connectivity index (χ4v) is 2.55. The van der Waals surface area contributed by atoms with Crippen LogP contribution < -0.4 is 11.1 Å². The molecular formula is C17H16ClN5O. The number of hydrogen-bond donors (Lipinski definition) is 2. The van der Waals surface area contributed by atoms with Gasteiger partial charge in [0.25, 0.3) is 5.91 Å². The first-order valence-electron chi connectivity index (χ1n) is 7.28. The number of pyridine rings is 1. The molecule has 1 aromatic carbocycles. The molecule has 0 bridgehead atoms. The Morgan fingerprint density at radius 2 is 1.88 bits per heavy atom. The van der Waals surface area contributed by atoms with Gasteiger partial charge in [-0.15, -0.1) is 0 Å². The van der Waals surface area contributed by atoms with E-state index < -0.39 is 0 Å². The number of aryl methyl sites for hydroxylation is 2. The molecule has 3 aromatic rings. The van der Waals surface area contributed by atoms with Gasteiger partial charge >= 0.3 is 0 Å². The van der Waals surface area contributed by atoms with E-state index in [-0.39, 0.29) is 5.91 Å². The summed E-state index contributed by atoms with van der Waals surface area (Å²) >= 11 is 5.82. The lowest BCUT2D eigenvalue weighted by atomic mass is 10.1. The van der Waals surface area contributed by atoms with Crippen LogP contribution in [0.25, 0.3) is 11.1 Å². The van der Waals surface area contributed by atoms with Gasteiger partial charge in [0.2, 0.25) is 0 Å². The van der Waals surface area contributed by atoms with E-state index in [0.29, 0.717) is 22.2 Å². The van der Waals surface area contributed by atoms with Gasteiger partial charge in [-0.05, 0) is 43.3 Å². The lowest BCUT2D eigenvalue weighted by Crippen LogP contribution is -2.13. The summed E-state index contributed by atoms with van der Waals surface area (Å²) in [5.74, 6) is 0.446. The van der Waals surface area contributed by atoms with Crippen molar-refractivity contribution in [3.8, 4) is 11.1 Å². The Balaban J connectivity index is 1.83. The molecule has 2 heterocycles. The summed E-state index contributed by atoms with van der Waals surface area (Å²) in [4.78, 5) is 16.5. The summed E-state index contributed by atoms with van der Waals surface area (Å²) in [6.45, 7) is 1.91. The van der Waals surface area contributed by atoms with Gasteiger partial charge in [0, 0.05) is 35.0 Å². The maximum atomic E-state index is 12.2. The van der Waals surface area contributed by atoms with Gasteiger partial charge in [0.1, 0.15) is 11.6 Å². The highest BCUT2D eigenvalue weighted by molar-refractivity contribution is 6.30. The van der Waals surface area contributed by atoms with E-state index in [4.69, 9.17) is 17.3 Å². The third-order valence-corrected chi connectivity index (χ3v) is 3.83. The van der Waals surface area contributed by atoms with Crippen molar-refractivity contribution in [2.75, 3.05) is 11.1 Å². The maximum Gasteiger partial charge on any atom is 0.256 e. The number of rotatable bonds is 3. The van der Waals surface area contributed by atoms with Crippen molar-refractivity contribution in [1.29, 1.82) is 0 Å². The predicted molar refractivity (Wildman–Crippen MR) is 95.0 cm³/mol. The summed E-state index contributed by atoms with van der Waals surface area (Å²) in [5.41, 5.74) is 9.10. The minimum atomic E-state index is -0.274. The summed E-state index contributed by atoms with van der Waals surface area (Å²) in [6, 6.07) is 10.2. The highest BCUT2D eigenvalue weighted by Gasteiger charge is 2.12. The summed E-state index contributed by atoms with van der Waals surface area (Å²) in [5, 5.41) is 7.60. The van der Waals surface area contributed by atoms with Gasteiger partial charge < -0.3 is 11.1 Å². The lowest BCUT2D eigenvalue weighted by Gasteiger charge is -2.08. The van der Waals surface area contributed by atoms with Crippen LogP contribution in [0, 0.1) is 6.92 Å². The Hall–Kier alpha value is -2.86. The first-order valence-corrected chi connectivity index (χ1v) is 7.66. The average molecular weight is 342 g/mol. The molecule has 0 radical (unpaired) electrons. The first-order chi connectivity index (χ1) is 11.4. The Bertz CT molecular complexity index is 902. The van der Waals surface area contributed by atoms with Gasteiger partial charge in [-0.1, -0.05) is 11.6 Å². The quantitative estimate of drug-likeness (QED) is 0.765. The average Bonchev–Trinajstić information content (AvgIpc) is 2.86.